The Morgan fingerprint density at radius 3 is 2.68 bits per heavy atom. The smallest absolute Gasteiger partial charge is 0.147 e. The number of hydrogen-bond acceptors (Lipinski definition) is 2. The number of aromatic nitrogens is 1. The maximum atomic E-state index is 9.37. The Balaban J connectivity index is 2.38. The van der Waals surface area contributed by atoms with Crippen LogP contribution >= 0.6 is 23.2 Å². The zero-order valence-electron chi connectivity index (χ0n) is 10.1. The maximum absolute atomic E-state index is 9.37. The summed E-state index contributed by atoms with van der Waals surface area (Å²) in [7, 11) is 0. The van der Waals surface area contributed by atoms with Crippen molar-refractivity contribution in [2.45, 2.75) is 19.3 Å². The number of nitrogens with zero attached hydrogens (tertiary/aromatic N) is 2. The molecule has 1 aliphatic rings. The summed E-state index contributed by atoms with van der Waals surface area (Å²) in [5, 5.41) is 10.3. The highest BCUT2D eigenvalue weighted by atomic mass is 35.5. The summed E-state index contributed by atoms with van der Waals surface area (Å²) >= 11 is 12.4. The third kappa shape index (κ3) is 2.00. The molecule has 1 heterocycles. The van der Waals surface area contributed by atoms with Crippen LogP contribution in [0.2, 0.25) is 10.2 Å². The molecular weight excluding hydrogens is 279 g/mol. The Hall–Kier alpha value is -1.56. The van der Waals surface area contributed by atoms with Crippen LogP contribution in [0.4, 0.5) is 0 Å². The zero-order chi connectivity index (χ0) is 13.4. The molecule has 0 saturated heterocycles. The molecule has 0 N–H and O–H groups in total. The van der Waals surface area contributed by atoms with Crippen LogP contribution in [0, 0.1) is 11.3 Å². The fraction of sp³-hybridized carbons (Fsp3) is 0.200. The van der Waals surface area contributed by atoms with E-state index in [0.29, 0.717) is 10.6 Å². The summed E-state index contributed by atoms with van der Waals surface area (Å²) in [6, 6.07) is 9.71. The molecule has 2 nitrogen and oxygen atoms in total. The lowest BCUT2D eigenvalue weighted by Crippen LogP contribution is -1.99. The third-order valence-corrected chi connectivity index (χ3v) is 4.04. The van der Waals surface area contributed by atoms with Crippen LogP contribution in [-0.4, -0.2) is 4.98 Å². The first kappa shape index (κ1) is 12.5. The lowest BCUT2D eigenvalue weighted by Gasteiger charge is -2.13. The van der Waals surface area contributed by atoms with Gasteiger partial charge >= 0.3 is 0 Å². The Bertz CT molecular complexity index is 701. The van der Waals surface area contributed by atoms with Crippen LogP contribution in [0.3, 0.4) is 0 Å². The average Bonchev–Trinajstić information content (AvgIpc) is 2.85. The Morgan fingerprint density at radius 2 is 1.95 bits per heavy atom. The van der Waals surface area contributed by atoms with E-state index in [1.807, 2.05) is 24.3 Å². The molecule has 0 atom stereocenters. The van der Waals surface area contributed by atoms with E-state index in [2.05, 4.69) is 11.1 Å². The van der Waals surface area contributed by atoms with Gasteiger partial charge in [0.1, 0.15) is 11.2 Å². The van der Waals surface area contributed by atoms with Gasteiger partial charge in [0.2, 0.25) is 0 Å². The third-order valence-electron chi connectivity index (χ3n) is 3.43. The van der Waals surface area contributed by atoms with Gasteiger partial charge < -0.3 is 0 Å². The molecule has 1 aromatic carbocycles. The number of fused-ring (bicyclic) bond motifs is 1. The normalized spacial score (nSPS) is 13.1. The van der Waals surface area contributed by atoms with Crippen LogP contribution in [0.25, 0.3) is 11.1 Å². The Morgan fingerprint density at radius 1 is 1.16 bits per heavy atom. The standard InChI is InChI=1S/C15H10Cl2N2/c16-12-6-2-1-4-9(12)14-10-5-3-7-13(10)19-15(17)11(14)8-18/h1-2,4,6H,3,5,7H2. The number of aryl methyl sites for hydroxylation is 1. The van der Waals surface area contributed by atoms with E-state index in [4.69, 9.17) is 23.2 Å². The van der Waals surface area contributed by atoms with Gasteiger partial charge in [-0.1, -0.05) is 41.4 Å². The summed E-state index contributed by atoms with van der Waals surface area (Å²) in [6.45, 7) is 0. The van der Waals surface area contributed by atoms with Gasteiger partial charge in [0.05, 0.1) is 5.56 Å². The van der Waals surface area contributed by atoms with Crippen molar-refractivity contribution in [3.63, 3.8) is 0 Å². The van der Waals surface area contributed by atoms with Gasteiger partial charge in [0.25, 0.3) is 0 Å². The van der Waals surface area contributed by atoms with Crippen molar-refractivity contribution in [1.29, 1.82) is 5.26 Å². The first-order valence-electron chi connectivity index (χ1n) is 6.08. The molecular formula is C15H10Cl2N2. The van der Waals surface area contributed by atoms with Crippen molar-refractivity contribution in [3.05, 3.63) is 51.3 Å². The van der Waals surface area contributed by atoms with Crippen LogP contribution in [0.15, 0.2) is 24.3 Å². The second-order valence-corrected chi connectivity index (χ2v) is 5.29. The number of hydrogen-bond donors (Lipinski definition) is 0. The van der Waals surface area contributed by atoms with Gasteiger partial charge in [-0.05, 0) is 30.9 Å². The van der Waals surface area contributed by atoms with Crippen molar-refractivity contribution in [2.24, 2.45) is 0 Å². The van der Waals surface area contributed by atoms with Gasteiger partial charge in [-0.25, -0.2) is 4.98 Å². The fourth-order valence-corrected chi connectivity index (χ4v) is 3.08. The summed E-state index contributed by atoms with van der Waals surface area (Å²) in [4.78, 5) is 4.34. The molecule has 0 unspecified atom stereocenters. The summed E-state index contributed by atoms with van der Waals surface area (Å²) in [5.74, 6) is 0. The molecule has 0 spiro atoms. The maximum Gasteiger partial charge on any atom is 0.147 e. The predicted octanol–water partition coefficient (Wildman–Crippen LogP) is 4.42. The summed E-state index contributed by atoms with van der Waals surface area (Å²) < 4.78 is 0. The Kier molecular flexibility index (Phi) is 3.18. The zero-order valence-corrected chi connectivity index (χ0v) is 11.6. The minimum Gasteiger partial charge on any atom is -0.239 e. The summed E-state index contributed by atoms with van der Waals surface area (Å²) in [6.07, 6.45) is 2.89. The van der Waals surface area contributed by atoms with Crippen LogP contribution in [0.1, 0.15) is 23.2 Å². The number of nitriles is 1. The molecule has 0 radical (unpaired) electrons. The largest absolute Gasteiger partial charge is 0.239 e. The van der Waals surface area contributed by atoms with Crippen LogP contribution < -0.4 is 0 Å². The van der Waals surface area contributed by atoms with Gasteiger partial charge in [-0.15, -0.1) is 0 Å². The van der Waals surface area contributed by atoms with E-state index < -0.39 is 0 Å². The lowest BCUT2D eigenvalue weighted by atomic mass is 9.95. The van der Waals surface area contributed by atoms with Crippen LogP contribution in [0.5, 0.6) is 0 Å². The minimum absolute atomic E-state index is 0.276. The van der Waals surface area contributed by atoms with E-state index >= 15 is 0 Å². The molecule has 0 fully saturated rings. The molecule has 94 valence electrons. The van der Waals surface area contributed by atoms with E-state index in [9.17, 15) is 5.26 Å². The number of pyridine rings is 1. The van der Waals surface area contributed by atoms with Gasteiger partial charge in [-0.3, -0.25) is 0 Å². The van der Waals surface area contributed by atoms with Crippen molar-refractivity contribution < 1.29 is 0 Å². The SMILES string of the molecule is N#Cc1c(Cl)nc2c(c1-c1ccccc1Cl)CCC2. The van der Waals surface area contributed by atoms with Crippen molar-refractivity contribution in [1.82, 2.24) is 4.98 Å². The van der Waals surface area contributed by atoms with E-state index in [1.54, 1.807) is 0 Å². The molecule has 1 aliphatic carbocycles. The average molecular weight is 289 g/mol. The molecule has 2 aromatic rings. The molecule has 19 heavy (non-hydrogen) atoms. The number of rotatable bonds is 1. The molecule has 0 saturated carbocycles. The van der Waals surface area contributed by atoms with Crippen LogP contribution in [-0.2, 0) is 12.8 Å². The highest BCUT2D eigenvalue weighted by Crippen LogP contribution is 2.39. The molecule has 0 aliphatic heterocycles. The van der Waals surface area contributed by atoms with E-state index in [1.165, 1.54) is 0 Å². The molecule has 1 aromatic heterocycles. The molecule has 4 heteroatoms. The number of halogens is 2. The topological polar surface area (TPSA) is 36.7 Å². The summed E-state index contributed by atoms with van der Waals surface area (Å²) in [5.41, 5.74) is 4.27. The van der Waals surface area contributed by atoms with E-state index in [0.717, 1.165) is 41.6 Å². The van der Waals surface area contributed by atoms with Gasteiger partial charge in [0.15, 0.2) is 0 Å². The fourth-order valence-electron chi connectivity index (χ4n) is 2.61. The predicted molar refractivity (Wildman–Crippen MR) is 76.4 cm³/mol. The van der Waals surface area contributed by atoms with E-state index in [-0.39, 0.29) is 5.15 Å². The highest BCUT2D eigenvalue weighted by Gasteiger charge is 2.24. The quantitative estimate of drug-likeness (QED) is 0.729. The number of benzene rings is 1. The minimum atomic E-state index is 0.276. The first-order valence-corrected chi connectivity index (χ1v) is 6.84. The monoisotopic (exact) mass is 288 g/mol. The Labute approximate surface area is 121 Å². The highest BCUT2D eigenvalue weighted by molar-refractivity contribution is 6.34. The lowest BCUT2D eigenvalue weighted by molar-refractivity contribution is 0.899. The van der Waals surface area contributed by atoms with Crippen molar-refractivity contribution in [2.75, 3.05) is 0 Å². The van der Waals surface area contributed by atoms with Crippen molar-refractivity contribution in [3.8, 4) is 17.2 Å². The molecule has 0 bridgehead atoms. The second-order valence-electron chi connectivity index (χ2n) is 4.52. The first-order chi connectivity index (χ1) is 9.22. The second kappa shape index (κ2) is 4.85. The molecule has 0 amide bonds. The molecule has 3 rings (SSSR count). The van der Waals surface area contributed by atoms with Gasteiger partial charge in [-0.2, -0.15) is 5.26 Å². The van der Waals surface area contributed by atoms with Crippen molar-refractivity contribution >= 4 is 23.2 Å². The van der Waals surface area contributed by atoms with Gasteiger partial charge in [0, 0.05) is 21.8 Å².